The van der Waals surface area contributed by atoms with E-state index in [1.807, 2.05) is 6.07 Å². The lowest BCUT2D eigenvalue weighted by molar-refractivity contribution is 0.101. The molecule has 2 aromatic rings. The molecular formula is C19H21FN2O3S. The number of benzene rings is 2. The van der Waals surface area contributed by atoms with Gasteiger partial charge < -0.3 is 0 Å². The Morgan fingerprint density at radius 1 is 1.04 bits per heavy atom. The maximum absolute atomic E-state index is 13.3. The molecule has 2 aromatic carbocycles. The first-order valence-corrected chi connectivity index (χ1v) is 9.88. The predicted molar refractivity (Wildman–Crippen MR) is 96.9 cm³/mol. The van der Waals surface area contributed by atoms with E-state index in [9.17, 15) is 17.6 Å². The fraction of sp³-hybridized carbons (Fsp3) is 0.316. The number of Topliss-reactive ketones (excluding diaryl/α,β-unsaturated/α-hetero) is 1. The number of hydrogen-bond donors (Lipinski definition) is 0. The van der Waals surface area contributed by atoms with Crippen LogP contribution < -0.4 is 0 Å². The third-order valence-electron chi connectivity index (χ3n) is 4.53. The van der Waals surface area contributed by atoms with Crippen LogP contribution in [-0.2, 0) is 16.6 Å². The van der Waals surface area contributed by atoms with Gasteiger partial charge in [-0.1, -0.05) is 24.3 Å². The molecule has 1 saturated heterocycles. The zero-order chi connectivity index (χ0) is 18.7. The monoisotopic (exact) mass is 376 g/mol. The number of carbonyl (C=O) groups is 1. The van der Waals surface area contributed by atoms with Gasteiger partial charge >= 0.3 is 0 Å². The van der Waals surface area contributed by atoms with E-state index in [0.29, 0.717) is 38.3 Å². The maximum Gasteiger partial charge on any atom is 0.243 e. The van der Waals surface area contributed by atoms with Crippen molar-refractivity contribution in [3.63, 3.8) is 0 Å². The summed E-state index contributed by atoms with van der Waals surface area (Å²) in [6.07, 6.45) is 0. The molecule has 0 saturated carbocycles. The highest BCUT2D eigenvalue weighted by atomic mass is 32.2. The zero-order valence-electron chi connectivity index (χ0n) is 14.6. The molecule has 1 aliphatic rings. The van der Waals surface area contributed by atoms with Crippen molar-refractivity contribution in [1.82, 2.24) is 9.21 Å². The number of halogens is 1. The average molecular weight is 376 g/mol. The second-order valence-electron chi connectivity index (χ2n) is 6.39. The first-order valence-electron chi connectivity index (χ1n) is 8.44. The fourth-order valence-electron chi connectivity index (χ4n) is 3.03. The van der Waals surface area contributed by atoms with Crippen molar-refractivity contribution >= 4 is 15.8 Å². The largest absolute Gasteiger partial charge is 0.296 e. The molecule has 0 unspecified atom stereocenters. The fourth-order valence-corrected chi connectivity index (χ4v) is 4.45. The van der Waals surface area contributed by atoms with Crippen LogP contribution in [0.15, 0.2) is 53.4 Å². The molecule has 3 rings (SSSR count). The van der Waals surface area contributed by atoms with Crippen LogP contribution in [-0.4, -0.2) is 49.6 Å². The van der Waals surface area contributed by atoms with E-state index in [4.69, 9.17) is 0 Å². The zero-order valence-corrected chi connectivity index (χ0v) is 15.4. The maximum atomic E-state index is 13.3. The quantitative estimate of drug-likeness (QED) is 0.753. The predicted octanol–water partition coefficient (Wildman–Crippen LogP) is 2.53. The Balaban J connectivity index is 1.64. The molecule has 0 atom stereocenters. The van der Waals surface area contributed by atoms with E-state index < -0.39 is 10.0 Å². The van der Waals surface area contributed by atoms with Gasteiger partial charge in [0.25, 0.3) is 0 Å². The molecule has 138 valence electrons. The topological polar surface area (TPSA) is 57.7 Å². The van der Waals surface area contributed by atoms with Crippen LogP contribution in [0.5, 0.6) is 0 Å². The molecule has 1 fully saturated rings. The minimum atomic E-state index is -3.57. The third kappa shape index (κ3) is 4.17. The lowest BCUT2D eigenvalue weighted by Crippen LogP contribution is -2.48. The van der Waals surface area contributed by atoms with Gasteiger partial charge in [-0.05, 0) is 36.8 Å². The Morgan fingerprint density at radius 2 is 1.69 bits per heavy atom. The average Bonchev–Trinajstić information content (AvgIpc) is 2.62. The summed E-state index contributed by atoms with van der Waals surface area (Å²) in [6.45, 7) is 3.97. The van der Waals surface area contributed by atoms with E-state index in [1.54, 1.807) is 6.07 Å². The lowest BCUT2D eigenvalue weighted by Gasteiger charge is -2.34. The van der Waals surface area contributed by atoms with Crippen LogP contribution in [0.25, 0.3) is 0 Å². The van der Waals surface area contributed by atoms with E-state index in [0.717, 1.165) is 5.56 Å². The van der Waals surface area contributed by atoms with Crippen LogP contribution in [0.2, 0.25) is 0 Å². The minimum absolute atomic E-state index is 0.0973. The van der Waals surface area contributed by atoms with E-state index in [1.165, 1.54) is 47.6 Å². The van der Waals surface area contributed by atoms with E-state index >= 15 is 0 Å². The molecule has 1 heterocycles. The Labute approximate surface area is 153 Å². The van der Waals surface area contributed by atoms with Crippen molar-refractivity contribution < 1.29 is 17.6 Å². The van der Waals surface area contributed by atoms with Crippen LogP contribution in [0.3, 0.4) is 0 Å². The summed E-state index contributed by atoms with van der Waals surface area (Å²) >= 11 is 0. The summed E-state index contributed by atoms with van der Waals surface area (Å²) in [5.74, 6) is -0.363. The van der Waals surface area contributed by atoms with Gasteiger partial charge in [-0.3, -0.25) is 9.69 Å². The third-order valence-corrected chi connectivity index (χ3v) is 6.44. The normalized spacial score (nSPS) is 16.5. The minimum Gasteiger partial charge on any atom is -0.296 e. The molecule has 5 nitrogen and oxygen atoms in total. The highest BCUT2D eigenvalue weighted by molar-refractivity contribution is 7.89. The first-order chi connectivity index (χ1) is 12.4. The van der Waals surface area contributed by atoms with Crippen molar-refractivity contribution in [2.75, 3.05) is 26.2 Å². The second-order valence-corrected chi connectivity index (χ2v) is 8.33. The number of hydrogen-bond acceptors (Lipinski definition) is 4. The van der Waals surface area contributed by atoms with Gasteiger partial charge in [-0.2, -0.15) is 4.31 Å². The van der Waals surface area contributed by atoms with Gasteiger partial charge in [0.05, 0.1) is 4.90 Å². The van der Waals surface area contributed by atoms with E-state index in [-0.39, 0.29) is 16.5 Å². The van der Waals surface area contributed by atoms with Gasteiger partial charge in [0.2, 0.25) is 10.0 Å². The molecule has 0 aromatic heterocycles. The highest BCUT2D eigenvalue weighted by Gasteiger charge is 2.28. The van der Waals surface area contributed by atoms with Crippen LogP contribution in [0.1, 0.15) is 22.8 Å². The highest BCUT2D eigenvalue weighted by Crippen LogP contribution is 2.19. The molecule has 1 aliphatic heterocycles. The van der Waals surface area contributed by atoms with Gasteiger partial charge in [0.1, 0.15) is 5.82 Å². The van der Waals surface area contributed by atoms with Gasteiger partial charge in [0.15, 0.2) is 5.78 Å². The molecular weight excluding hydrogens is 355 g/mol. The van der Waals surface area contributed by atoms with Crippen molar-refractivity contribution in [1.29, 1.82) is 0 Å². The van der Waals surface area contributed by atoms with Crippen molar-refractivity contribution in [3.05, 3.63) is 65.5 Å². The molecule has 7 heteroatoms. The summed E-state index contributed by atoms with van der Waals surface area (Å²) in [4.78, 5) is 13.6. The van der Waals surface area contributed by atoms with Crippen LogP contribution >= 0.6 is 0 Å². The molecule has 0 N–H and O–H groups in total. The summed E-state index contributed by atoms with van der Waals surface area (Å²) in [6, 6.07) is 12.5. The van der Waals surface area contributed by atoms with E-state index in [2.05, 4.69) is 4.90 Å². The van der Waals surface area contributed by atoms with Gasteiger partial charge in [-0.15, -0.1) is 0 Å². The Kier molecular flexibility index (Phi) is 5.50. The Morgan fingerprint density at radius 3 is 2.27 bits per heavy atom. The number of piperazine rings is 1. The lowest BCUT2D eigenvalue weighted by atomic mass is 10.2. The summed E-state index contributed by atoms with van der Waals surface area (Å²) < 4.78 is 40.2. The van der Waals surface area contributed by atoms with Crippen molar-refractivity contribution in [3.8, 4) is 0 Å². The van der Waals surface area contributed by atoms with Gasteiger partial charge in [0, 0.05) is 38.3 Å². The van der Waals surface area contributed by atoms with Crippen LogP contribution in [0, 0.1) is 5.82 Å². The molecule has 0 spiro atoms. The standard InChI is InChI=1S/C19H21FN2O3S/c1-15(23)17-5-7-19(8-6-17)26(24,25)22-11-9-21(10-12-22)14-16-3-2-4-18(20)13-16/h2-8,13H,9-12,14H2,1H3. The second kappa shape index (κ2) is 7.65. The number of ketones is 1. The molecule has 0 amide bonds. The molecule has 26 heavy (non-hydrogen) atoms. The molecule has 0 aliphatic carbocycles. The number of carbonyl (C=O) groups excluding carboxylic acids is 1. The number of nitrogens with zero attached hydrogens (tertiary/aromatic N) is 2. The molecule has 0 bridgehead atoms. The Hall–Kier alpha value is -2.09. The molecule has 0 radical (unpaired) electrons. The smallest absolute Gasteiger partial charge is 0.243 e. The summed E-state index contributed by atoms with van der Waals surface area (Å²) in [5.41, 5.74) is 1.37. The summed E-state index contributed by atoms with van der Waals surface area (Å²) in [5, 5.41) is 0. The summed E-state index contributed by atoms with van der Waals surface area (Å²) in [7, 11) is -3.57. The number of rotatable bonds is 5. The van der Waals surface area contributed by atoms with Crippen molar-refractivity contribution in [2.45, 2.75) is 18.4 Å². The number of sulfonamides is 1. The SMILES string of the molecule is CC(=O)c1ccc(S(=O)(=O)N2CCN(Cc3cccc(F)c3)CC2)cc1. The Bertz CT molecular complexity index is 889. The first kappa shape index (κ1) is 18.7. The van der Waals surface area contributed by atoms with Crippen LogP contribution in [0.4, 0.5) is 4.39 Å². The van der Waals surface area contributed by atoms with Crippen molar-refractivity contribution in [2.24, 2.45) is 0 Å². The van der Waals surface area contributed by atoms with Gasteiger partial charge in [-0.25, -0.2) is 12.8 Å².